The maximum absolute atomic E-state index is 12.6. The third kappa shape index (κ3) is 4.71. The van der Waals surface area contributed by atoms with E-state index in [2.05, 4.69) is 26.3 Å². The number of nitrogens with one attached hydrogen (secondary N) is 3. The molecule has 8 heteroatoms. The van der Waals surface area contributed by atoms with Crippen molar-refractivity contribution in [3.8, 4) is 0 Å². The first-order chi connectivity index (χ1) is 12.9. The molecule has 0 saturated carbocycles. The third-order valence-electron chi connectivity index (χ3n) is 4.70. The molecule has 0 aliphatic carbocycles. The molecule has 0 atom stereocenters. The van der Waals surface area contributed by atoms with Crippen molar-refractivity contribution in [2.24, 2.45) is 5.92 Å². The van der Waals surface area contributed by atoms with Gasteiger partial charge in [-0.1, -0.05) is 25.1 Å². The van der Waals surface area contributed by atoms with Crippen LogP contribution in [0.4, 0.5) is 11.4 Å². The number of piperidine rings is 1. The SMILES string of the molecule is Cc1ccc(NC(=O)C(C)C)cc1NC(=O)c1cn(C2CCNCC2)nn1. The van der Waals surface area contributed by atoms with Gasteiger partial charge in [-0.3, -0.25) is 9.59 Å². The van der Waals surface area contributed by atoms with E-state index >= 15 is 0 Å². The molecule has 0 radical (unpaired) electrons. The molecule has 1 aromatic carbocycles. The van der Waals surface area contributed by atoms with E-state index in [4.69, 9.17) is 0 Å². The highest BCUT2D eigenvalue weighted by Gasteiger charge is 2.19. The fourth-order valence-corrected chi connectivity index (χ4v) is 2.94. The number of benzene rings is 1. The fraction of sp³-hybridized carbons (Fsp3) is 0.474. The van der Waals surface area contributed by atoms with E-state index in [1.54, 1.807) is 16.9 Å². The molecule has 1 fully saturated rings. The number of amides is 2. The zero-order chi connectivity index (χ0) is 19.4. The van der Waals surface area contributed by atoms with Crippen molar-refractivity contribution in [2.45, 2.75) is 39.7 Å². The number of aromatic nitrogens is 3. The van der Waals surface area contributed by atoms with Crippen LogP contribution in [0.3, 0.4) is 0 Å². The summed E-state index contributed by atoms with van der Waals surface area (Å²) in [6.45, 7) is 7.45. The molecule has 3 rings (SSSR count). The van der Waals surface area contributed by atoms with Crippen molar-refractivity contribution in [3.05, 3.63) is 35.7 Å². The Balaban J connectivity index is 1.70. The lowest BCUT2D eigenvalue weighted by Crippen LogP contribution is -2.29. The Morgan fingerprint density at radius 2 is 1.96 bits per heavy atom. The molecule has 0 bridgehead atoms. The number of carbonyl (C=O) groups excluding carboxylic acids is 2. The number of carbonyl (C=O) groups is 2. The normalized spacial score (nSPS) is 15.0. The van der Waals surface area contributed by atoms with Gasteiger partial charge in [0.15, 0.2) is 5.69 Å². The van der Waals surface area contributed by atoms with Crippen LogP contribution >= 0.6 is 0 Å². The van der Waals surface area contributed by atoms with Gasteiger partial charge in [-0.15, -0.1) is 5.10 Å². The molecule has 1 aliphatic rings. The lowest BCUT2D eigenvalue weighted by atomic mass is 10.1. The lowest BCUT2D eigenvalue weighted by molar-refractivity contribution is -0.118. The van der Waals surface area contributed by atoms with Crippen molar-refractivity contribution < 1.29 is 9.59 Å². The Bertz CT molecular complexity index is 823. The monoisotopic (exact) mass is 370 g/mol. The van der Waals surface area contributed by atoms with Gasteiger partial charge < -0.3 is 16.0 Å². The molecule has 27 heavy (non-hydrogen) atoms. The molecule has 8 nitrogen and oxygen atoms in total. The van der Waals surface area contributed by atoms with Gasteiger partial charge in [-0.25, -0.2) is 4.68 Å². The average molecular weight is 370 g/mol. The summed E-state index contributed by atoms with van der Waals surface area (Å²) in [4.78, 5) is 24.5. The zero-order valence-electron chi connectivity index (χ0n) is 16.0. The Morgan fingerprint density at radius 3 is 2.67 bits per heavy atom. The summed E-state index contributed by atoms with van der Waals surface area (Å²) in [5.41, 5.74) is 2.46. The molecule has 2 amide bonds. The van der Waals surface area contributed by atoms with Crippen LogP contribution in [0.2, 0.25) is 0 Å². The van der Waals surface area contributed by atoms with Crippen LogP contribution in [0.15, 0.2) is 24.4 Å². The van der Waals surface area contributed by atoms with Gasteiger partial charge in [0.05, 0.1) is 12.2 Å². The van der Waals surface area contributed by atoms with Crippen LogP contribution in [-0.4, -0.2) is 39.9 Å². The highest BCUT2D eigenvalue weighted by molar-refractivity contribution is 6.03. The van der Waals surface area contributed by atoms with Gasteiger partial charge in [-0.05, 0) is 50.6 Å². The summed E-state index contributed by atoms with van der Waals surface area (Å²) in [5, 5.41) is 17.2. The molecule has 2 heterocycles. The predicted molar refractivity (Wildman–Crippen MR) is 104 cm³/mol. The maximum atomic E-state index is 12.6. The number of anilines is 2. The number of hydrogen-bond acceptors (Lipinski definition) is 5. The average Bonchev–Trinajstić information content (AvgIpc) is 3.15. The van der Waals surface area contributed by atoms with Crippen LogP contribution in [0.5, 0.6) is 0 Å². The first-order valence-electron chi connectivity index (χ1n) is 9.29. The second-order valence-corrected chi connectivity index (χ2v) is 7.19. The van der Waals surface area contributed by atoms with Gasteiger partial charge in [0.2, 0.25) is 5.91 Å². The molecule has 2 aromatic rings. The largest absolute Gasteiger partial charge is 0.326 e. The van der Waals surface area contributed by atoms with Gasteiger partial charge in [-0.2, -0.15) is 0 Å². The van der Waals surface area contributed by atoms with Crippen molar-refractivity contribution in [1.29, 1.82) is 0 Å². The molecular formula is C19H26N6O2. The highest BCUT2D eigenvalue weighted by atomic mass is 16.2. The smallest absolute Gasteiger partial charge is 0.277 e. The van der Waals surface area contributed by atoms with E-state index < -0.39 is 0 Å². The predicted octanol–water partition coefficient (Wildman–Crippen LogP) is 2.36. The van der Waals surface area contributed by atoms with Crippen LogP contribution in [-0.2, 0) is 4.79 Å². The van der Waals surface area contributed by atoms with Gasteiger partial charge in [0.25, 0.3) is 5.91 Å². The van der Waals surface area contributed by atoms with E-state index in [1.165, 1.54) is 0 Å². The zero-order valence-corrected chi connectivity index (χ0v) is 16.0. The summed E-state index contributed by atoms with van der Waals surface area (Å²) in [6, 6.07) is 5.71. The fourth-order valence-electron chi connectivity index (χ4n) is 2.94. The number of hydrogen-bond donors (Lipinski definition) is 3. The minimum absolute atomic E-state index is 0.0685. The first-order valence-corrected chi connectivity index (χ1v) is 9.29. The first kappa shape index (κ1) is 19.0. The van der Waals surface area contributed by atoms with Crippen molar-refractivity contribution in [3.63, 3.8) is 0 Å². The Morgan fingerprint density at radius 1 is 1.22 bits per heavy atom. The maximum Gasteiger partial charge on any atom is 0.277 e. The second-order valence-electron chi connectivity index (χ2n) is 7.19. The summed E-state index contributed by atoms with van der Waals surface area (Å²) >= 11 is 0. The standard InChI is InChI=1S/C19H26N6O2/c1-12(2)18(26)21-14-5-4-13(3)16(10-14)22-19(27)17-11-25(24-23-17)15-6-8-20-9-7-15/h4-5,10-12,15,20H,6-9H2,1-3H3,(H,21,26)(H,22,27). The van der Waals surface area contributed by atoms with E-state index in [0.717, 1.165) is 31.5 Å². The Labute approximate surface area is 158 Å². The van der Waals surface area contributed by atoms with Gasteiger partial charge >= 0.3 is 0 Å². The lowest BCUT2D eigenvalue weighted by Gasteiger charge is -2.22. The second kappa shape index (κ2) is 8.30. The van der Waals surface area contributed by atoms with E-state index in [0.29, 0.717) is 11.4 Å². The summed E-state index contributed by atoms with van der Waals surface area (Å²) in [7, 11) is 0. The number of aryl methyl sites for hydroxylation is 1. The van der Waals surface area contributed by atoms with Crippen LogP contribution < -0.4 is 16.0 Å². The van der Waals surface area contributed by atoms with Crippen molar-refractivity contribution in [2.75, 3.05) is 23.7 Å². The Kier molecular flexibility index (Phi) is 5.85. The summed E-state index contributed by atoms with van der Waals surface area (Å²) in [5.74, 6) is -0.499. The van der Waals surface area contributed by atoms with Crippen LogP contribution in [0, 0.1) is 12.8 Å². The molecule has 1 aromatic heterocycles. The molecular weight excluding hydrogens is 344 g/mol. The van der Waals surface area contributed by atoms with Crippen LogP contribution in [0.25, 0.3) is 0 Å². The molecule has 0 spiro atoms. The third-order valence-corrected chi connectivity index (χ3v) is 4.70. The van der Waals surface area contributed by atoms with Gasteiger partial charge in [0.1, 0.15) is 0 Å². The van der Waals surface area contributed by atoms with Gasteiger partial charge in [0, 0.05) is 17.3 Å². The van der Waals surface area contributed by atoms with Crippen LogP contribution in [0.1, 0.15) is 48.8 Å². The highest BCUT2D eigenvalue weighted by Crippen LogP contribution is 2.22. The van der Waals surface area contributed by atoms with E-state index in [9.17, 15) is 9.59 Å². The minimum atomic E-state index is -0.314. The van der Waals surface area contributed by atoms with E-state index in [1.807, 2.05) is 32.9 Å². The number of nitrogens with zero attached hydrogens (tertiary/aromatic N) is 3. The molecule has 1 aliphatic heterocycles. The minimum Gasteiger partial charge on any atom is -0.326 e. The summed E-state index contributed by atoms with van der Waals surface area (Å²) < 4.78 is 1.78. The quantitative estimate of drug-likeness (QED) is 0.750. The van der Waals surface area contributed by atoms with Crippen molar-refractivity contribution in [1.82, 2.24) is 20.3 Å². The van der Waals surface area contributed by atoms with E-state index in [-0.39, 0.29) is 29.5 Å². The van der Waals surface area contributed by atoms with Crippen molar-refractivity contribution >= 4 is 23.2 Å². The molecule has 3 N–H and O–H groups in total. The molecule has 1 saturated heterocycles. The topological polar surface area (TPSA) is 101 Å². The Hall–Kier alpha value is -2.74. The number of rotatable bonds is 5. The summed E-state index contributed by atoms with van der Waals surface area (Å²) in [6.07, 6.45) is 3.65. The molecule has 144 valence electrons. The molecule has 0 unspecified atom stereocenters.